The fraction of sp³-hybridized carbons (Fsp3) is 0. The van der Waals surface area contributed by atoms with Gasteiger partial charge in [0.25, 0.3) is 10.0 Å². The Morgan fingerprint density at radius 3 is 2.69 bits per heavy atom. The molecule has 7 nitrogen and oxygen atoms in total. The molecule has 2 aromatic heterocycles. The first kappa shape index (κ1) is 17.1. The van der Waals surface area contributed by atoms with E-state index in [1.165, 1.54) is 12.1 Å². The third kappa shape index (κ3) is 3.20. The van der Waals surface area contributed by atoms with Crippen molar-refractivity contribution >= 4 is 54.3 Å². The molecule has 0 saturated carbocycles. The van der Waals surface area contributed by atoms with Crippen LogP contribution in [0.4, 0.5) is 5.69 Å². The Labute approximate surface area is 161 Å². The van der Waals surface area contributed by atoms with Crippen LogP contribution in [0.1, 0.15) is 0 Å². The maximum absolute atomic E-state index is 12.6. The van der Waals surface area contributed by atoms with Crippen molar-refractivity contribution in [3.8, 4) is 11.6 Å². The number of hydrogen-bond acceptors (Lipinski definition) is 5. The van der Waals surface area contributed by atoms with Gasteiger partial charge in [0, 0.05) is 6.07 Å². The van der Waals surface area contributed by atoms with Crippen molar-refractivity contribution in [3.63, 3.8) is 0 Å². The summed E-state index contributed by atoms with van der Waals surface area (Å²) in [6.45, 7) is 0. The normalized spacial score (nSPS) is 11.8. The first-order valence-corrected chi connectivity index (χ1v) is 9.97. The maximum atomic E-state index is 12.6. The number of aromatic nitrogens is 3. The summed E-state index contributed by atoms with van der Waals surface area (Å²) < 4.78 is 33.4. The van der Waals surface area contributed by atoms with Gasteiger partial charge in [-0.2, -0.15) is 0 Å². The van der Waals surface area contributed by atoms with E-state index in [0.717, 1.165) is 0 Å². The molecule has 0 amide bonds. The number of imidazole rings is 1. The Kier molecular flexibility index (Phi) is 4.22. The molecule has 0 spiro atoms. The van der Waals surface area contributed by atoms with Gasteiger partial charge in [-0.1, -0.05) is 28.9 Å². The SMILES string of the molecule is O=S(=O)(Nc1ccccc1Cl)c1ccc2[nH]c(-c3cc(Br)no3)nc2c1. The number of sulfonamides is 1. The molecule has 0 fully saturated rings. The number of halogens is 2. The molecule has 10 heteroatoms. The van der Waals surface area contributed by atoms with Crippen molar-refractivity contribution in [1.82, 2.24) is 15.1 Å². The van der Waals surface area contributed by atoms with Gasteiger partial charge in [-0.3, -0.25) is 4.72 Å². The predicted molar refractivity (Wildman–Crippen MR) is 102 cm³/mol. The minimum absolute atomic E-state index is 0.0710. The van der Waals surface area contributed by atoms with Crippen molar-refractivity contribution in [1.29, 1.82) is 0 Å². The Hall–Kier alpha value is -2.36. The molecular weight excluding hydrogens is 444 g/mol. The fourth-order valence-corrected chi connectivity index (χ4v) is 4.00. The smallest absolute Gasteiger partial charge is 0.262 e. The molecule has 0 aliphatic heterocycles. The van der Waals surface area contributed by atoms with Gasteiger partial charge in [-0.05, 0) is 46.3 Å². The van der Waals surface area contributed by atoms with Crippen molar-refractivity contribution in [2.45, 2.75) is 4.90 Å². The molecular formula is C16H10BrClN4O3S. The Bertz CT molecular complexity index is 1220. The number of rotatable bonds is 4. The molecule has 0 radical (unpaired) electrons. The molecule has 2 N–H and O–H groups in total. The van der Waals surface area contributed by atoms with Crippen LogP contribution in [0.2, 0.25) is 5.02 Å². The van der Waals surface area contributed by atoms with Gasteiger partial charge in [0.1, 0.15) is 4.60 Å². The molecule has 132 valence electrons. The van der Waals surface area contributed by atoms with Crippen LogP contribution < -0.4 is 4.72 Å². The van der Waals surface area contributed by atoms with Crippen LogP contribution in [0, 0.1) is 0 Å². The van der Waals surface area contributed by atoms with Crippen molar-refractivity contribution in [3.05, 3.63) is 58.2 Å². The number of benzene rings is 2. The molecule has 4 aromatic rings. The Morgan fingerprint density at radius 1 is 1.15 bits per heavy atom. The number of nitrogens with one attached hydrogen (secondary N) is 2. The molecule has 0 unspecified atom stereocenters. The van der Waals surface area contributed by atoms with E-state index < -0.39 is 10.0 Å². The average Bonchev–Trinajstić information content (AvgIpc) is 3.22. The number of fused-ring (bicyclic) bond motifs is 1. The highest BCUT2D eigenvalue weighted by atomic mass is 79.9. The predicted octanol–water partition coefficient (Wildman–Crippen LogP) is 4.43. The van der Waals surface area contributed by atoms with Gasteiger partial charge in [-0.15, -0.1) is 0 Å². The van der Waals surface area contributed by atoms with Crippen LogP contribution in [0.5, 0.6) is 0 Å². The van der Waals surface area contributed by atoms with Crippen LogP contribution in [0.25, 0.3) is 22.6 Å². The monoisotopic (exact) mass is 452 g/mol. The quantitative estimate of drug-likeness (QED) is 0.476. The largest absolute Gasteiger partial charge is 0.352 e. The van der Waals surface area contributed by atoms with Gasteiger partial charge in [0.2, 0.25) is 5.76 Å². The second-order valence-electron chi connectivity index (χ2n) is 5.36. The topological polar surface area (TPSA) is 101 Å². The van der Waals surface area contributed by atoms with Crippen molar-refractivity contribution in [2.24, 2.45) is 0 Å². The van der Waals surface area contributed by atoms with Gasteiger partial charge in [0.05, 0.1) is 26.6 Å². The summed E-state index contributed by atoms with van der Waals surface area (Å²) in [6, 6.07) is 12.9. The lowest BCUT2D eigenvalue weighted by atomic mass is 10.3. The van der Waals surface area contributed by atoms with Crippen LogP contribution >= 0.6 is 27.5 Å². The van der Waals surface area contributed by atoms with Crippen LogP contribution in [-0.4, -0.2) is 23.5 Å². The Balaban J connectivity index is 1.71. The van der Waals surface area contributed by atoms with E-state index in [2.05, 4.69) is 35.8 Å². The first-order valence-electron chi connectivity index (χ1n) is 7.32. The molecule has 0 aliphatic carbocycles. The lowest BCUT2D eigenvalue weighted by Gasteiger charge is -2.09. The second kappa shape index (κ2) is 6.42. The lowest BCUT2D eigenvalue weighted by molar-refractivity contribution is 0.426. The zero-order chi connectivity index (χ0) is 18.3. The Morgan fingerprint density at radius 2 is 1.96 bits per heavy atom. The van der Waals surface area contributed by atoms with E-state index in [0.29, 0.717) is 37.9 Å². The minimum atomic E-state index is -3.81. The highest BCUT2D eigenvalue weighted by Gasteiger charge is 2.18. The number of para-hydroxylation sites is 1. The van der Waals surface area contributed by atoms with E-state index in [1.54, 1.807) is 36.4 Å². The van der Waals surface area contributed by atoms with E-state index in [1.807, 2.05) is 0 Å². The van der Waals surface area contributed by atoms with Crippen molar-refractivity contribution < 1.29 is 12.9 Å². The summed E-state index contributed by atoms with van der Waals surface area (Å²) in [6.07, 6.45) is 0. The van der Waals surface area contributed by atoms with Crippen LogP contribution in [0.3, 0.4) is 0 Å². The second-order valence-corrected chi connectivity index (χ2v) is 8.27. The van der Waals surface area contributed by atoms with E-state index >= 15 is 0 Å². The molecule has 0 saturated heterocycles. The van der Waals surface area contributed by atoms with Crippen LogP contribution in [-0.2, 0) is 10.0 Å². The minimum Gasteiger partial charge on any atom is -0.352 e. The lowest BCUT2D eigenvalue weighted by Crippen LogP contribution is -2.13. The fourth-order valence-electron chi connectivity index (χ4n) is 2.38. The maximum Gasteiger partial charge on any atom is 0.262 e. The number of hydrogen-bond donors (Lipinski definition) is 2. The molecule has 4 rings (SSSR count). The molecule has 0 aliphatic rings. The number of nitrogens with zero attached hydrogens (tertiary/aromatic N) is 2. The number of anilines is 1. The van der Waals surface area contributed by atoms with Gasteiger partial charge in [-0.25, -0.2) is 13.4 Å². The summed E-state index contributed by atoms with van der Waals surface area (Å²) >= 11 is 9.22. The molecule has 2 heterocycles. The van der Waals surface area contributed by atoms with E-state index in [-0.39, 0.29) is 4.90 Å². The summed E-state index contributed by atoms with van der Waals surface area (Å²) in [7, 11) is -3.81. The zero-order valence-electron chi connectivity index (χ0n) is 12.9. The summed E-state index contributed by atoms with van der Waals surface area (Å²) in [5.41, 5.74) is 1.46. The number of aromatic amines is 1. The third-order valence-electron chi connectivity index (χ3n) is 3.60. The van der Waals surface area contributed by atoms with Crippen LogP contribution in [0.15, 0.2) is 62.6 Å². The molecule has 0 bridgehead atoms. The first-order chi connectivity index (χ1) is 12.4. The average molecular weight is 454 g/mol. The standard InChI is InChI=1S/C16H10BrClN4O3S/c17-15-8-14(25-21-15)16-19-12-6-5-9(7-13(12)20-16)26(23,24)22-11-4-2-1-3-10(11)18/h1-8,22H,(H,19,20). The third-order valence-corrected chi connectivity index (χ3v) is 5.66. The molecule has 26 heavy (non-hydrogen) atoms. The molecule has 2 aromatic carbocycles. The van der Waals surface area contributed by atoms with Crippen molar-refractivity contribution in [2.75, 3.05) is 4.72 Å². The molecule has 0 atom stereocenters. The van der Waals surface area contributed by atoms with Gasteiger partial charge < -0.3 is 9.51 Å². The van der Waals surface area contributed by atoms with E-state index in [9.17, 15) is 8.42 Å². The van der Waals surface area contributed by atoms with Gasteiger partial charge in [0.15, 0.2) is 5.82 Å². The van der Waals surface area contributed by atoms with Gasteiger partial charge >= 0.3 is 0 Å². The summed E-state index contributed by atoms with van der Waals surface area (Å²) in [4.78, 5) is 7.50. The highest BCUT2D eigenvalue weighted by molar-refractivity contribution is 9.10. The zero-order valence-corrected chi connectivity index (χ0v) is 16.1. The summed E-state index contributed by atoms with van der Waals surface area (Å²) in [5, 5.41) is 4.05. The summed E-state index contributed by atoms with van der Waals surface area (Å²) in [5.74, 6) is 0.887. The highest BCUT2D eigenvalue weighted by Crippen LogP contribution is 2.27. The van der Waals surface area contributed by atoms with E-state index in [4.69, 9.17) is 16.1 Å². The number of H-pyrrole nitrogens is 1.